The van der Waals surface area contributed by atoms with Crippen LogP contribution in [0.4, 0.5) is 5.82 Å². The third kappa shape index (κ3) is 2.34. The number of aromatic amines is 1. The molecule has 1 saturated heterocycles. The van der Waals surface area contributed by atoms with Gasteiger partial charge in [0, 0.05) is 17.2 Å². The normalized spacial score (nSPS) is 20.5. The molecular weight excluding hydrogens is 210 g/mol. The zero-order valence-corrected chi connectivity index (χ0v) is 9.56. The van der Waals surface area contributed by atoms with E-state index < -0.39 is 0 Å². The summed E-state index contributed by atoms with van der Waals surface area (Å²) in [5.74, 6) is 3.10. The van der Waals surface area contributed by atoms with Crippen LogP contribution in [0.1, 0.15) is 18.9 Å². The van der Waals surface area contributed by atoms with Gasteiger partial charge in [-0.15, -0.1) is 0 Å². The molecule has 1 atom stereocenters. The molecule has 2 rings (SSSR count). The lowest BCUT2D eigenvalue weighted by Gasteiger charge is -2.08. The van der Waals surface area contributed by atoms with E-state index in [1.54, 1.807) is 6.20 Å². The molecule has 0 saturated carbocycles. The molecule has 15 heavy (non-hydrogen) atoms. The molecule has 1 aromatic heterocycles. The third-order valence-electron chi connectivity index (χ3n) is 2.65. The number of thioether (sulfide) groups is 1. The van der Waals surface area contributed by atoms with Crippen molar-refractivity contribution in [3.05, 3.63) is 11.8 Å². The lowest BCUT2D eigenvalue weighted by Crippen LogP contribution is -2.23. The summed E-state index contributed by atoms with van der Waals surface area (Å²) >= 11 is 1.85. The van der Waals surface area contributed by atoms with E-state index in [1.807, 2.05) is 18.7 Å². The Kier molecular flexibility index (Phi) is 3.30. The lowest BCUT2D eigenvalue weighted by molar-refractivity contribution is -0.119. The van der Waals surface area contributed by atoms with E-state index in [2.05, 4.69) is 15.5 Å². The Labute approximate surface area is 93.2 Å². The number of carbonyl (C=O) groups excluding carboxylic acids is 1. The fourth-order valence-electron chi connectivity index (χ4n) is 1.65. The molecule has 4 nitrogen and oxygen atoms in total. The van der Waals surface area contributed by atoms with Gasteiger partial charge in [0.15, 0.2) is 0 Å². The third-order valence-corrected chi connectivity index (χ3v) is 3.81. The highest BCUT2D eigenvalue weighted by Gasteiger charge is 2.23. The average molecular weight is 225 g/mol. The van der Waals surface area contributed by atoms with E-state index >= 15 is 0 Å². The van der Waals surface area contributed by atoms with Gasteiger partial charge in [0.2, 0.25) is 5.91 Å². The van der Waals surface area contributed by atoms with Gasteiger partial charge in [0.05, 0.1) is 6.20 Å². The highest BCUT2D eigenvalue weighted by Crippen LogP contribution is 2.24. The van der Waals surface area contributed by atoms with Crippen LogP contribution in [0.15, 0.2) is 6.20 Å². The summed E-state index contributed by atoms with van der Waals surface area (Å²) in [5.41, 5.74) is 1.06. The second-order valence-corrected chi connectivity index (χ2v) is 4.82. The van der Waals surface area contributed by atoms with Gasteiger partial charge < -0.3 is 5.32 Å². The Balaban J connectivity index is 1.98. The molecule has 1 aliphatic heterocycles. The minimum Gasteiger partial charge on any atom is -0.311 e. The van der Waals surface area contributed by atoms with Crippen molar-refractivity contribution in [1.82, 2.24) is 10.2 Å². The number of amides is 1. The molecule has 1 unspecified atom stereocenters. The quantitative estimate of drug-likeness (QED) is 0.822. The van der Waals surface area contributed by atoms with Gasteiger partial charge in [0.25, 0.3) is 0 Å². The van der Waals surface area contributed by atoms with E-state index in [-0.39, 0.29) is 11.8 Å². The van der Waals surface area contributed by atoms with Crippen LogP contribution in [0.5, 0.6) is 0 Å². The van der Waals surface area contributed by atoms with Crippen molar-refractivity contribution in [2.75, 3.05) is 16.8 Å². The van der Waals surface area contributed by atoms with Crippen LogP contribution in [0.3, 0.4) is 0 Å². The predicted molar refractivity (Wildman–Crippen MR) is 62.0 cm³/mol. The largest absolute Gasteiger partial charge is 0.311 e. The molecule has 1 fully saturated rings. The number of H-pyrrole nitrogens is 1. The molecule has 5 heteroatoms. The van der Waals surface area contributed by atoms with Crippen LogP contribution in [-0.2, 0) is 11.2 Å². The SMILES string of the molecule is CCc1cn[nH]c1NC(=O)C1CCSC1. The van der Waals surface area contributed by atoms with Crippen molar-refractivity contribution in [3.8, 4) is 0 Å². The van der Waals surface area contributed by atoms with E-state index in [0.29, 0.717) is 0 Å². The molecular formula is C10H15N3OS. The summed E-state index contributed by atoms with van der Waals surface area (Å²) in [6.45, 7) is 2.05. The lowest BCUT2D eigenvalue weighted by atomic mass is 10.1. The van der Waals surface area contributed by atoms with Gasteiger partial charge in [-0.1, -0.05) is 6.92 Å². The number of nitrogens with one attached hydrogen (secondary N) is 2. The van der Waals surface area contributed by atoms with Crippen LogP contribution in [0.25, 0.3) is 0 Å². The molecule has 0 aromatic carbocycles. The summed E-state index contributed by atoms with van der Waals surface area (Å²) in [6.07, 6.45) is 3.64. The summed E-state index contributed by atoms with van der Waals surface area (Å²) in [6, 6.07) is 0. The maximum Gasteiger partial charge on any atom is 0.229 e. The van der Waals surface area contributed by atoms with Crippen molar-refractivity contribution >= 4 is 23.5 Å². The van der Waals surface area contributed by atoms with Crippen LogP contribution in [0.2, 0.25) is 0 Å². The van der Waals surface area contributed by atoms with E-state index in [1.165, 1.54) is 0 Å². The summed E-state index contributed by atoms with van der Waals surface area (Å²) in [7, 11) is 0. The number of carbonyl (C=O) groups is 1. The predicted octanol–water partition coefficient (Wildman–Crippen LogP) is 1.66. The Bertz CT molecular complexity index is 344. The van der Waals surface area contributed by atoms with Gasteiger partial charge in [-0.05, 0) is 18.6 Å². The maximum atomic E-state index is 11.8. The Hall–Kier alpha value is -0.970. The standard InChI is InChI=1S/C10H15N3OS/c1-2-7-5-11-13-9(7)12-10(14)8-3-4-15-6-8/h5,8H,2-4,6H2,1H3,(H2,11,12,13,14). The number of aromatic nitrogens is 2. The van der Waals surface area contributed by atoms with E-state index in [9.17, 15) is 4.79 Å². The summed E-state index contributed by atoms with van der Waals surface area (Å²) < 4.78 is 0. The fourth-order valence-corrected chi connectivity index (χ4v) is 2.87. The Morgan fingerprint density at radius 2 is 2.67 bits per heavy atom. The number of anilines is 1. The van der Waals surface area contributed by atoms with Gasteiger partial charge >= 0.3 is 0 Å². The smallest absolute Gasteiger partial charge is 0.229 e. The summed E-state index contributed by atoms with van der Waals surface area (Å²) in [5, 5.41) is 9.66. The van der Waals surface area contributed by atoms with Crippen LogP contribution in [0, 0.1) is 5.92 Å². The van der Waals surface area contributed by atoms with E-state index in [0.717, 1.165) is 35.7 Å². The Morgan fingerprint density at radius 3 is 3.33 bits per heavy atom. The molecule has 1 aliphatic rings. The zero-order valence-electron chi connectivity index (χ0n) is 8.75. The van der Waals surface area contributed by atoms with Gasteiger partial charge in [-0.25, -0.2) is 0 Å². The Morgan fingerprint density at radius 1 is 1.80 bits per heavy atom. The van der Waals surface area contributed by atoms with Crippen molar-refractivity contribution < 1.29 is 4.79 Å². The van der Waals surface area contributed by atoms with Crippen molar-refractivity contribution in [2.45, 2.75) is 19.8 Å². The highest BCUT2D eigenvalue weighted by atomic mass is 32.2. The summed E-state index contributed by atoms with van der Waals surface area (Å²) in [4.78, 5) is 11.8. The van der Waals surface area contributed by atoms with Gasteiger partial charge in [-0.2, -0.15) is 16.9 Å². The number of hydrogen-bond acceptors (Lipinski definition) is 3. The molecule has 2 N–H and O–H groups in total. The van der Waals surface area contributed by atoms with Crippen molar-refractivity contribution in [2.24, 2.45) is 5.92 Å². The number of nitrogens with zero attached hydrogens (tertiary/aromatic N) is 1. The molecule has 1 aromatic rings. The first-order chi connectivity index (χ1) is 7.31. The molecule has 0 bridgehead atoms. The molecule has 0 spiro atoms. The minimum atomic E-state index is 0.124. The molecule has 82 valence electrons. The molecule has 1 amide bonds. The average Bonchev–Trinajstić information content (AvgIpc) is 2.87. The van der Waals surface area contributed by atoms with Gasteiger partial charge in [-0.3, -0.25) is 9.89 Å². The first-order valence-corrected chi connectivity index (χ1v) is 6.37. The maximum absolute atomic E-state index is 11.8. The zero-order chi connectivity index (χ0) is 10.7. The fraction of sp³-hybridized carbons (Fsp3) is 0.600. The molecule has 2 heterocycles. The monoisotopic (exact) mass is 225 g/mol. The molecule has 0 aliphatic carbocycles. The second kappa shape index (κ2) is 4.70. The number of rotatable bonds is 3. The van der Waals surface area contributed by atoms with Crippen LogP contribution >= 0.6 is 11.8 Å². The molecule has 0 radical (unpaired) electrons. The minimum absolute atomic E-state index is 0.124. The van der Waals surface area contributed by atoms with Crippen molar-refractivity contribution in [3.63, 3.8) is 0 Å². The topological polar surface area (TPSA) is 57.8 Å². The van der Waals surface area contributed by atoms with Crippen LogP contribution in [-0.4, -0.2) is 27.6 Å². The van der Waals surface area contributed by atoms with Crippen LogP contribution < -0.4 is 5.32 Å². The van der Waals surface area contributed by atoms with E-state index in [4.69, 9.17) is 0 Å². The highest BCUT2D eigenvalue weighted by molar-refractivity contribution is 7.99. The van der Waals surface area contributed by atoms with Crippen molar-refractivity contribution in [1.29, 1.82) is 0 Å². The number of hydrogen-bond donors (Lipinski definition) is 2. The first kappa shape index (κ1) is 10.5. The number of aryl methyl sites for hydroxylation is 1. The second-order valence-electron chi connectivity index (χ2n) is 3.67. The van der Waals surface area contributed by atoms with Gasteiger partial charge in [0.1, 0.15) is 5.82 Å². The first-order valence-electron chi connectivity index (χ1n) is 5.22.